The van der Waals surface area contributed by atoms with E-state index in [1.165, 1.54) is 5.56 Å². The molecule has 0 heterocycles. The van der Waals surface area contributed by atoms with Crippen molar-refractivity contribution >= 4 is 11.6 Å². The van der Waals surface area contributed by atoms with Crippen molar-refractivity contribution in [2.24, 2.45) is 11.7 Å². The van der Waals surface area contributed by atoms with Crippen LogP contribution in [0.3, 0.4) is 0 Å². The van der Waals surface area contributed by atoms with Crippen molar-refractivity contribution in [2.45, 2.75) is 19.9 Å². The zero-order chi connectivity index (χ0) is 12.0. The standard InChI is InChI=1S/C13H21ClN2/c1-11(6-7-15)9-16(2)10-12-4-3-5-13(14)8-12/h3-5,8,11H,6-7,9-10,15H2,1-2H3. The molecule has 0 aliphatic rings. The highest BCUT2D eigenvalue weighted by molar-refractivity contribution is 6.30. The number of halogens is 1. The first kappa shape index (κ1) is 13.5. The fraction of sp³-hybridized carbons (Fsp3) is 0.538. The van der Waals surface area contributed by atoms with Crippen LogP contribution in [0.5, 0.6) is 0 Å². The second-order valence-electron chi connectivity index (χ2n) is 4.51. The van der Waals surface area contributed by atoms with Crippen LogP contribution in [0.4, 0.5) is 0 Å². The van der Waals surface area contributed by atoms with Crippen LogP contribution in [-0.2, 0) is 6.54 Å². The van der Waals surface area contributed by atoms with E-state index in [-0.39, 0.29) is 0 Å². The van der Waals surface area contributed by atoms with E-state index in [0.717, 1.165) is 31.1 Å². The maximum atomic E-state index is 5.95. The summed E-state index contributed by atoms with van der Waals surface area (Å²) in [5, 5.41) is 0.806. The van der Waals surface area contributed by atoms with Gasteiger partial charge in [0.25, 0.3) is 0 Å². The van der Waals surface area contributed by atoms with E-state index in [2.05, 4.69) is 24.9 Å². The lowest BCUT2D eigenvalue weighted by Gasteiger charge is -2.21. The van der Waals surface area contributed by atoms with E-state index < -0.39 is 0 Å². The predicted octanol–water partition coefficient (Wildman–Crippen LogP) is 2.76. The highest BCUT2D eigenvalue weighted by Crippen LogP contribution is 2.13. The molecule has 0 bridgehead atoms. The minimum absolute atomic E-state index is 0.647. The molecule has 16 heavy (non-hydrogen) atoms. The van der Waals surface area contributed by atoms with Gasteiger partial charge in [0.1, 0.15) is 0 Å². The third-order valence-corrected chi connectivity index (χ3v) is 2.86. The first-order valence-corrected chi connectivity index (χ1v) is 6.12. The molecule has 0 amide bonds. The Hall–Kier alpha value is -0.570. The van der Waals surface area contributed by atoms with Gasteiger partial charge in [-0.15, -0.1) is 0 Å². The second-order valence-corrected chi connectivity index (χ2v) is 4.95. The molecule has 0 saturated carbocycles. The van der Waals surface area contributed by atoms with E-state index >= 15 is 0 Å². The number of hydrogen-bond donors (Lipinski definition) is 1. The fourth-order valence-corrected chi connectivity index (χ4v) is 2.13. The van der Waals surface area contributed by atoms with Crippen LogP contribution in [0.1, 0.15) is 18.9 Å². The van der Waals surface area contributed by atoms with Gasteiger partial charge < -0.3 is 10.6 Å². The molecule has 0 spiro atoms. The molecule has 0 fully saturated rings. The highest BCUT2D eigenvalue weighted by Gasteiger charge is 2.06. The summed E-state index contributed by atoms with van der Waals surface area (Å²) < 4.78 is 0. The Kier molecular flexibility index (Phi) is 5.81. The van der Waals surface area contributed by atoms with Gasteiger partial charge in [0.05, 0.1) is 0 Å². The zero-order valence-corrected chi connectivity index (χ0v) is 10.9. The van der Waals surface area contributed by atoms with Crippen molar-refractivity contribution in [3.8, 4) is 0 Å². The maximum Gasteiger partial charge on any atom is 0.0409 e. The van der Waals surface area contributed by atoms with Crippen molar-refractivity contribution in [3.05, 3.63) is 34.9 Å². The fourth-order valence-electron chi connectivity index (χ4n) is 1.92. The Morgan fingerprint density at radius 1 is 1.44 bits per heavy atom. The van der Waals surface area contributed by atoms with Gasteiger partial charge >= 0.3 is 0 Å². The minimum Gasteiger partial charge on any atom is -0.330 e. The average molecular weight is 241 g/mol. The van der Waals surface area contributed by atoms with Gasteiger partial charge in [-0.2, -0.15) is 0 Å². The van der Waals surface area contributed by atoms with Crippen molar-refractivity contribution in [2.75, 3.05) is 20.1 Å². The quantitative estimate of drug-likeness (QED) is 0.829. The first-order valence-electron chi connectivity index (χ1n) is 5.75. The molecular formula is C13H21ClN2. The zero-order valence-electron chi connectivity index (χ0n) is 10.1. The monoisotopic (exact) mass is 240 g/mol. The summed E-state index contributed by atoms with van der Waals surface area (Å²) in [6.45, 7) is 5.02. The SMILES string of the molecule is CC(CCN)CN(C)Cc1cccc(Cl)c1. The Morgan fingerprint density at radius 3 is 2.81 bits per heavy atom. The Bertz CT molecular complexity index is 315. The molecule has 1 atom stereocenters. The summed E-state index contributed by atoms with van der Waals surface area (Å²) in [7, 11) is 2.13. The van der Waals surface area contributed by atoms with Crippen molar-refractivity contribution in [1.29, 1.82) is 0 Å². The van der Waals surface area contributed by atoms with Crippen LogP contribution in [0, 0.1) is 5.92 Å². The van der Waals surface area contributed by atoms with Gasteiger partial charge in [0.15, 0.2) is 0 Å². The van der Waals surface area contributed by atoms with E-state index in [1.54, 1.807) is 0 Å². The lowest BCUT2D eigenvalue weighted by atomic mass is 10.1. The summed E-state index contributed by atoms with van der Waals surface area (Å²) in [4.78, 5) is 2.31. The molecule has 1 aromatic carbocycles. The highest BCUT2D eigenvalue weighted by atomic mass is 35.5. The van der Waals surface area contributed by atoms with Gasteiger partial charge in [0, 0.05) is 18.1 Å². The van der Waals surface area contributed by atoms with Crippen molar-refractivity contribution < 1.29 is 0 Å². The summed E-state index contributed by atoms with van der Waals surface area (Å²) >= 11 is 5.95. The van der Waals surface area contributed by atoms with E-state index in [4.69, 9.17) is 17.3 Å². The lowest BCUT2D eigenvalue weighted by Crippen LogP contribution is -2.25. The maximum absolute atomic E-state index is 5.95. The molecule has 0 aliphatic heterocycles. The van der Waals surface area contributed by atoms with Crippen LogP contribution < -0.4 is 5.73 Å². The number of benzene rings is 1. The topological polar surface area (TPSA) is 29.3 Å². The number of nitrogens with zero attached hydrogens (tertiary/aromatic N) is 1. The van der Waals surface area contributed by atoms with E-state index in [0.29, 0.717) is 5.92 Å². The summed E-state index contributed by atoms with van der Waals surface area (Å²) in [5.74, 6) is 0.647. The Morgan fingerprint density at radius 2 is 2.19 bits per heavy atom. The van der Waals surface area contributed by atoms with Gasteiger partial charge in [-0.05, 0) is 43.6 Å². The molecular weight excluding hydrogens is 220 g/mol. The van der Waals surface area contributed by atoms with Crippen molar-refractivity contribution in [3.63, 3.8) is 0 Å². The summed E-state index contributed by atoms with van der Waals surface area (Å²) in [6, 6.07) is 8.03. The third-order valence-electron chi connectivity index (χ3n) is 2.62. The van der Waals surface area contributed by atoms with E-state index in [1.807, 2.05) is 18.2 Å². The lowest BCUT2D eigenvalue weighted by molar-refractivity contribution is 0.273. The smallest absolute Gasteiger partial charge is 0.0409 e. The number of hydrogen-bond acceptors (Lipinski definition) is 2. The number of nitrogens with two attached hydrogens (primary N) is 1. The van der Waals surface area contributed by atoms with Crippen molar-refractivity contribution in [1.82, 2.24) is 4.90 Å². The first-order chi connectivity index (χ1) is 7.61. The molecule has 90 valence electrons. The number of rotatable bonds is 6. The van der Waals surface area contributed by atoms with E-state index in [9.17, 15) is 0 Å². The second kappa shape index (κ2) is 6.89. The molecule has 1 aromatic rings. The van der Waals surface area contributed by atoms with Crippen LogP contribution in [0.15, 0.2) is 24.3 Å². The molecule has 1 rings (SSSR count). The summed E-state index contributed by atoms with van der Waals surface area (Å²) in [6.07, 6.45) is 1.08. The Labute approximate surface area is 103 Å². The van der Waals surface area contributed by atoms with Crippen LogP contribution >= 0.6 is 11.6 Å². The molecule has 3 heteroatoms. The molecule has 0 aliphatic carbocycles. The average Bonchev–Trinajstić information content (AvgIpc) is 2.17. The van der Waals surface area contributed by atoms with Gasteiger partial charge in [0.2, 0.25) is 0 Å². The van der Waals surface area contributed by atoms with Gasteiger partial charge in [-0.25, -0.2) is 0 Å². The molecule has 0 saturated heterocycles. The third kappa shape index (κ3) is 4.97. The van der Waals surface area contributed by atoms with Crippen LogP contribution in [0.2, 0.25) is 5.02 Å². The summed E-state index contributed by atoms with van der Waals surface area (Å²) in [5.41, 5.74) is 6.80. The Balaban J connectivity index is 2.42. The molecule has 2 nitrogen and oxygen atoms in total. The minimum atomic E-state index is 0.647. The van der Waals surface area contributed by atoms with Gasteiger partial charge in [-0.3, -0.25) is 0 Å². The van der Waals surface area contributed by atoms with Gasteiger partial charge in [-0.1, -0.05) is 30.7 Å². The predicted molar refractivity (Wildman–Crippen MR) is 70.6 cm³/mol. The molecule has 2 N–H and O–H groups in total. The molecule has 0 radical (unpaired) electrons. The largest absolute Gasteiger partial charge is 0.330 e. The van der Waals surface area contributed by atoms with Crippen LogP contribution in [-0.4, -0.2) is 25.0 Å². The van der Waals surface area contributed by atoms with Crippen LogP contribution in [0.25, 0.3) is 0 Å². The molecule has 1 unspecified atom stereocenters. The molecule has 0 aromatic heterocycles. The normalized spacial score (nSPS) is 13.1.